The Balaban J connectivity index is 1.58. The number of rotatable bonds is 7. The van der Waals surface area contributed by atoms with Crippen LogP contribution in [0.25, 0.3) is 0 Å². The number of carbonyl (C=O) groups is 1. The first-order valence-corrected chi connectivity index (χ1v) is 8.92. The highest BCUT2D eigenvalue weighted by Crippen LogP contribution is 2.18. The van der Waals surface area contributed by atoms with Crippen LogP contribution < -0.4 is 10.6 Å². The minimum atomic E-state index is -0.253. The molecule has 1 amide bonds. The average molecular weight is 363 g/mol. The maximum atomic E-state index is 13.6. The van der Waals surface area contributed by atoms with Gasteiger partial charge in [-0.15, -0.1) is 0 Å². The standard InChI is InChI=1S/C22H22FN3O/c1-16(17-7-3-2-4-8-17)26-21-15-19(12-13-24-21)22(27)25-14-11-18-9-5-6-10-20(18)23/h2-10,12-13,15-16H,11,14H2,1H3,(H,24,26)(H,25,27). The van der Waals surface area contributed by atoms with Crippen LogP contribution in [-0.2, 0) is 6.42 Å². The zero-order chi connectivity index (χ0) is 19.1. The van der Waals surface area contributed by atoms with Crippen molar-refractivity contribution in [3.8, 4) is 0 Å². The van der Waals surface area contributed by atoms with Gasteiger partial charge >= 0.3 is 0 Å². The van der Waals surface area contributed by atoms with Crippen LogP contribution in [0.5, 0.6) is 0 Å². The van der Waals surface area contributed by atoms with Gasteiger partial charge in [-0.2, -0.15) is 0 Å². The monoisotopic (exact) mass is 363 g/mol. The van der Waals surface area contributed by atoms with Crippen molar-refractivity contribution >= 4 is 11.7 Å². The molecular weight excluding hydrogens is 341 g/mol. The summed E-state index contributed by atoms with van der Waals surface area (Å²) in [6.07, 6.45) is 2.05. The SMILES string of the molecule is CC(Nc1cc(C(=O)NCCc2ccccc2F)ccn1)c1ccccc1. The number of benzene rings is 2. The molecule has 0 fully saturated rings. The van der Waals surface area contributed by atoms with Gasteiger partial charge in [-0.25, -0.2) is 9.37 Å². The lowest BCUT2D eigenvalue weighted by Gasteiger charge is -2.15. The Labute approximate surface area is 158 Å². The minimum Gasteiger partial charge on any atom is -0.364 e. The van der Waals surface area contributed by atoms with Crippen LogP contribution in [0.3, 0.4) is 0 Å². The second-order valence-electron chi connectivity index (χ2n) is 6.30. The molecule has 0 aliphatic rings. The van der Waals surface area contributed by atoms with Crippen molar-refractivity contribution < 1.29 is 9.18 Å². The van der Waals surface area contributed by atoms with E-state index in [0.717, 1.165) is 5.56 Å². The summed E-state index contributed by atoms with van der Waals surface area (Å²) in [4.78, 5) is 16.7. The van der Waals surface area contributed by atoms with Crippen molar-refractivity contribution in [2.75, 3.05) is 11.9 Å². The van der Waals surface area contributed by atoms with E-state index in [0.29, 0.717) is 29.9 Å². The summed E-state index contributed by atoms with van der Waals surface area (Å²) >= 11 is 0. The van der Waals surface area contributed by atoms with E-state index in [1.165, 1.54) is 6.07 Å². The first-order valence-electron chi connectivity index (χ1n) is 8.92. The van der Waals surface area contributed by atoms with E-state index in [4.69, 9.17) is 0 Å². The number of nitrogens with zero attached hydrogens (tertiary/aromatic N) is 1. The van der Waals surface area contributed by atoms with E-state index in [-0.39, 0.29) is 17.8 Å². The predicted octanol–water partition coefficient (Wildman–Crippen LogP) is 4.37. The number of nitrogens with one attached hydrogen (secondary N) is 2. The van der Waals surface area contributed by atoms with Gasteiger partial charge in [0.15, 0.2) is 0 Å². The van der Waals surface area contributed by atoms with E-state index in [9.17, 15) is 9.18 Å². The molecular formula is C22H22FN3O. The lowest BCUT2D eigenvalue weighted by molar-refractivity contribution is 0.0954. The van der Waals surface area contributed by atoms with Gasteiger partial charge in [0.1, 0.15) is 11.6 Å². The van der Waals surface area contributed by atoms with Crippen LogP contribution in [0.2, 0.25) is 0 Å². The van der Waals surface area contributed by atoms with E-state index in [1.807, 2.05) is 37.3 Å². The Morgan fingerprint density at radius 2 is 1.81 bits per heavy atom. The molecule has 5 heteroatoms. The number of anilines is 1. The van der Waals surface area contributed by atoms with Gasteiger partial charge in [-0.3, -0.25) is 4.79 Å². The topological polar surface area (TPSA) is 54.0 Å². The van der Waals surface area contributed by atoms with E-state index < -0.39 is 0 Å². The van der Waals surface area contributed by atoms with E-state index in [1.54, 1.807) is 36.5 Å². The molecule has 3 aromatic rings. The van der Waals surface area contributed by atoms with Gasteiger partial charge in [0.25, 0.3) is 5.91 Å². The summed E-state index contributed by atoms with van der Waals surface area (Å²) in [6, 6.07) is 20.1. The fourth-order valence-corrected chi connectivity index (χ4v) is 2.81. The molecule has 138 valence electrons. The van der Waals surface area contributed by atoms with Crippen LogP contribution in [0, 0.1) is 5.82 Å². The third kappa shape index (κ3) is 5.14. The number of carbonyl (C=O) groups excluding carboxylic acids is 1. The highest BCUT2D eigenvalue weighted by atomic mass is 19.1. The first kappa shape index (κ1) is 18.6. The Hall–Kier alpha value is -3.21. The molecule has 27 heavy (non-hydrogen) atoms. The van der Waals surface area contributed by atoms with Gasteiger partial charge in [-0.1, -0.05) is 48.5 Å². The molecule has 0 saturated carbocycles. The van der Waals surface area contributed by atoms with Crippen molar-refractivity contribution in [2.24, 2.45) is 0 Å². The van der Waals surface area contributed by atoms with E-state index in [2.05, 4.69) is 15.6 Å². The summed E-state index contributed by atoms with van der Waals surface area (Å²) in [5, 5.41) is 6.13. The summed E-state index contributed by atoms with van der Waals surface area (Å²) in [7, 11) is 0. The molecule has 0 saturated heterocycles. The maximum Gasteiger partial charge on any atom is 0.251 e. The third-order valence-electron chi connectivity index (χ3n) is 4.32. The van der Waals surface area contributed by atoms with Crippen molar-refractivity contribution in [2.45, 2.75) is 19.4 Å². The molecule has 0 aliphatic carbocycles. The summed E-state index contributed by atoms with van der Waals surface area (Å²) in [5.41, 5.74) is 2.24. The molecule has 0 radical (unpaired) electrons. The lowest BCUT2D eigenvalue weighted by atomic mass is 10.1. The van der Waals surface area contributed by atoms with Crippen molar-refractivity contribution in [1.82, 2.24) is 10.3 Å². The Morgan fingerprint density at radius 1 is 1.07 bits per heavy atom. The largest absolute Gasteiger partial charge is 0.364 e. The molecule has 4 nitrogen and oxygen atoms in total. The zero-order valence-corrected chi connectivity index (χ0v) is 15.2. The molecule has 1 heterocycles. The lowest BCUT2D eigenvalue weighted by Crippen LogP contribution is -2.26. The molecule has 1 atom stereocenters. The molecule has 0 spiro atoms. The van der Waals surface area contributed by atoms with Gasteiger partial charge in [-0.05, 0) is 42.7 Å². The highest BCUT2D eigenvalue weighted by molar-refractivity contribution is 5.94. The van der Waals surface area contributed by atoms with Gasteiger partial charge < -0.3 is 10.6 Å². The molecule has 3 rings (SSSR count). The maximum absolute atomic E-state index is 13.6. The van der Waals surface area contributed by atoms with Crippen LogP contribution in [0.1, 0.15) is 34.5 Å². The fourth-order valence-electron chi connectivity index (χ4n) is 2.81. The summed E-state index contributed by atoms with van der Waals surface area (Å²) < 4.78 is 13.6. The minimum absolute atomic E-state index is 0.0677. The normalized spacial score (nSPS) is 11.6. The molecule has 2 N–H and O–H groups in total. The smallest absolute Gasteiger partial charge is 0.251 e. The van der Waals surface area contributed by atoms with Crippen molar-refractivity contribution in [1.29, 1.82) is 0 Å². The first-order chi connectivity index (χ1) is 13.1. The number of aromatic nitrogens is 1. The van der Waals surface area contributed by atoms with E-state index >= 15 is 0 Å². The Kier molecular flexibility index (Phi) is 6.15. The highest BCUT2D eigenvalue weighted by Gasteiger charge is 2.10. The summed E-state index contributed by atoms with van der Waals surface area (Å²) in [5.74, 6) is 0.175. The van der Waals surface area contributed by atoms with Gasteiger partial charge in [0.2, 0.25) is 0 Å². The predicted molar refractivity (Wildman–Crippen MR) is 105 cm³/mol. The number of halogens is 1. The van der Waals surface area contributed by atoms with Crippen LogP contribution in [0.15, 0.2) is 72.9 Å². The van der Waals surface area contributed by atoms with Crippen molar-refractivity contribution in [3.63, 3.8) is 0 Å². The second kappa shape index (κ2) is 8.94. The molecule has 0 aliphatic heterocycles. The fraction of sp³-hybridized carbons (Fsp3) is 0.182. The number of amides is 1. The van der Waals surface area contributed by atoms with Crippen LogP contribution in [-0.4, -0.2) is 17.4 Å². The molecule has 0 bridgehead atoms. The third-order valence-corrected chi connectivity index (χ3v) is 4.32. The Morgan fingerprint density at radius 3 is 2.59 bits per heavy atom. The van der Waals surface area contributed by atoms with Crippen molar-refractivity contribution in [3.05, 3.63) is 95.4 Å². The quantitative estimate of drug-likeness (QED) is 0.655. The molecule has 2 aromatic carbocycles. The average Bonchev–Trinajstić information content (AvgIpc) is 2.70. The second-order valence-corrected chi connectivity index (χ2v) is 6.30. The van der Waals surface area contributed by atoms with Crippen LogP contribution >= 0.6 is 0 Å². The van der Waals surface area contributed by atoms with Gasteiger partial charge in [0.05, 0.1) is 0 Å². The molecule has 1 unspecified atom stereocenters. The number of hydrogen-bond acceptors (Lipinski definition) is 3. The van der Waals surface area contributed by atoms with Crippen LogP contribution in [0.4, 0.5) is 10.2 Å². The molecule has 1 aromatic heterocycles. The number of pyridine rings is 1. The number of hydrogen-bond donors (Lipinski definition) is 2. The zero-order valence-electron chi connectivity index (χ0n) is 15.2. The van der Waals surface area contributed by atoms with Gasteiger partial charge in [0, 0.05) is 24.3 Å². The summed E-state index contributed by atoms with van der Waals surface area (Å²) in [6.45, 7) is 2.41. The Bertz CT molecular complexity index is 899.